The van der Waals surface area contributed by atoms with E-state index < -0.39 is 0 Å². The molecule has 0 saturated heterocycles. The summed E-state index contributed by atoms with van der Waals surface area (Å²) in [5.74, 6) is -0.643. The quantitative estimate of drug-likeness (QED) is 0.179. The van der Waals surface area contributed by atoms with Crippen LogP contribution >= 0.6 is 22.6 Å². The molecule has 210 valence electrons. The Balaban J connectivity index is 0.000000140. The molecule has 0 aliphatic carbocycles. The van der Waals surface area contributed by atoms with Crippen molar-refractivity contribution in [1.29, 1.82) is 0 Å². The summed E-state index contributed by atoms with van der Waals surface area (Å²) in [6.07, 6.45) is 13.1. The monoisotopic (exact) mass is 682 g/mol. The molecule has 43 heavy (non-hydrogen) atoms. The van der Waals surface area contributed by atoms with Gasteiger partial charge in [-0.3, -0.25) is 19.9 Å². The molecule has 8 rings (SSSR count). The molecule has 0 aromatic carbocycles. The molecule has 0 spiro atoms. The average molecular weight is 682 g/mol. The fourth-order valence-electron chi connectivity index (χ4n) is 5.27. The Kier molecular flexibility index (Phi) is 6.73. The van der Waals surface area contributed by atoms with Gasteiger partial charge in [0.25, 0.3) is 0 Å². The molecule has 11 heteroatoms. The molecule has 0 aliphatic rings. The van der Waals surface area contributed by atoms with Crippen LogP contribution in [0.5, 0.6) is 0 Å². The van der Waals surface area contributed by atoms with Gasteiger partial charge in [0.1, 0.15) is 17.1 Å². The van der Waals surface area contributed by atoms with Gasteiger partial charge in [0, 0.05) is 71.6 Å². The number of hydrogen-bond donors (Lipinski definition) is 0. The molecule has 8 nitrogen and oxygen atoms in total. The summed E-state index contributed by atoms with van der Waals surface area (Å²) in [5.41, 5.74) is 6.85. The average Bonchev–Trinajstić information content (AvgIpc) is 3.49. The van der Waals surface area contributed by atoms with E-state index in [2.05, 4.69) is 29.9 Å². The maximum atomic E-state index is 13.9. The van der Waals surface area contributed by atoms with E-state index in [1.54, 1.807) is 37.2 Å². The molecule has 8 heterocycles. The summed E-state index contributed by atoms with van der Waals surface area (Å²) in [7, 11) is 3.82. The lowest BCUT2D eigenvalue weighted by Crippen LogP contribution is -1.92. The molecule has 8 aromatic heterocycles. The number of nitrogens with zero attached hydrogens (tertiary/aromatic N) is 8. The van der Waals surface area contributed by atoms with Crippen molar-refractivity contribution in [2.24, 2.45) is 14.1 Å². The number of fused-ring (bicyclic) bond motifs is 6. The van der Waals surface area contributed by atoms with Gasteiger partial charge in [-0.25, -0.2) is 18.7 Å². The maximum Gasteiger partial charge on any atom is 0.155 e. The normalized spacial score (nSPS) is 11.4. The highest BCUT2D eigenvalue weighted by atomic mass is 127. The van der Waals surface area contributed by atoms with E-state index in [4.69, 9.17) is 0 Å². The van der Waals surface area contributed by atoms with Crippen molar-refractivity contribution < 1.29 is 8.78 Å². The molecule has 0 bridgehead atoms. The van der Waals surface area contributed by atoms with Gasteiger partial charge in [0.2, 0.25) is 0 Å². The van der Waals surface area contributed by atoms with E-state index in [-0.39, 0.29) is 11.6 Å². The summed E-state index contributed by atoms with van der Waals surface area (Å²) in [5, 5.41) is 3.50. The van der Waals surface area contributed by atoms with Crippen molar-refractivity contribution >= 4 is 66.5 Å². The highest BCUT2D eigenvalue weighted by molar-refractivity contribution is 14.1. The molecule has 0 radical (unpaired) electrons. The van der Waals surface area contributed by atoms with Gasteiger partial charge in [0.15, 0.2) is 5.82 Å². The fourth-order valence-corrected chi connectivity index (χ4v) is 5.94. The Morgan fingerprint density at radius 1 is 0.628 bits per heavy atom. The van der Waals surface area contributed by atoms with Crippen LogP contribution in [0.15, 0.2) is 92.0 Å². The highest BCUT2D eigenvalue weighted by Gasteiger charge is 2.16. The summed E-state index contributed by atoms with van der Waals surface area (Å²) < 4.78 is 31.8. The van der Waals surface area contributed by atoms with Crippen LogP contribution in [0.2, 0.25) is 0 Å². The molecule has 8 aromatic rings. The molecule has 0 aliphatic heterocycles. The topological polar surface area (TPSA) is 87.2 Å². The Labute approximate surface area is 257 Å². The van der Waals surface area contributed by atoms with Crippen molar-refractivity contribution in [3.8, 4) is 22.5 Å². The van der Waals surface area contributed by atoms with Crippen LogP contribution in [0.3, 0.4) is 0 Å². The minimum absolute atomic E-state index is 0.305. The Morgan fingerprint density at radius 3 is 1.84 bits per heavy atom. The third kappa shape index (κ3) is 4.65. The van der Waals surface area contributed by atoms with E-state index in [0.29, 0.717) is 3.57 Å². The first-order valence-corrected chi connectivity index (χ1v) is 14.3. The van der Waals surface area contributed by atoms with E-state index >= 15 is 0 Å². The second-order valence-electron chi connectivity index (χ2n) is 9.92. The zero-order chi connectivity index (χ0) is 29.7. The minimum atomic E-state index is -0.338. The Morgan fingerprint density at radius 2 is 1.21 bits per heavy atom. The number of aromatic nitrogens is 8. The van der Waals surface area contributed by atoms with Crippen LogP contribution in [-0.2, 0) is 14.1 Å². The summed E-state index contributed by atoms with van der Waals surface area (Å²) in [6, 6.07) is 13.1. The van der Waals surface area contributed by atoms with Gasteiger partial charge in [-0.1, -0.05) is 0 Å². The van der Waals surface area contributed by atoms with Gasteiger partial charge < -0.3 is 9.13 Å². The van der Waals surface area contributed by atoms with Gasteiger partial charge in [-0.15, -0.1) is 0 Å². The number of halogens is 3. The first-order valence-electron chi connectivity index (χ1n) is 13.2. The van der Waals surface area contributed by atoms with E-state index in [1.807, 2.05) is 82.2 Å². The standard InChI is InChI=1S/C16H10FIN4.C16H11FN4/c1-22-13-8-20-12(9-3-2-4-19-6-9)5-10(13)14-15(18)11(17)7-21-16(14)22;1-21-15-9-19-14(10-3-2-4-18-7-10)6-12(15)13-5-11(17)8-20-16(13)21/h2-8H,1H3;2-9H,1H3. The lowest BCUT2D eigenvalue weighted by molar-refractivity contribution is 0.616. The molecule has 0 saturated carbocycles. The number of hydrogen-bond acceptors (Lipinski definition) is 6. The SMILES string of the molecule is Cn1c2cnc(-c3cccnc3)cc2c2c(I)c(F)cnc21.Cn1c2cnc(-c3cccnc3)cc2c2cc(F)cnc21. The second-order valence-corrected chi connectivity index (χ2v) is 11.0. The Hall–Kier alpha value is -4.91. The van der Waals surface area contributed by atoms with Gasteiger partial charge in [0.05, 0.1) is 50.8 Å². The molecule has 0 amide bonds. The largest absolute Gasteiger partial charge is 0.327 e. The second kappa shape index (κ2) is 10.7. The van der Waals surface area contributed by atoms with Crippen molar-refractivity contribution in [2.45, 2.75) is 0 Å². The number of rotatable bonds is 2. The zero-order valence-corrected chi connectivity index (χ0v) is 25.0. The van der Waals surface area contributed by atoms with Crippen molar-refractivity contribution in [2.75, 3.05) is 0 Å². The van der Waals surface area contributed by atoms with Crippen LogP contribution in [0, 0.1) is 15.2 Å². The predicted molar refractivity (Wildman–Crippen MR) is 171 cm³/mol. The Bertz CT molecular complexity index is 2300. The summed E-state index contributed by atoms with van der Waals surface area (Å²) >= 11 is 2.03. The third-order valence-electron chi connectivity index (χ3n) is 7.38. The molecule has 0 fully saturated rings. The smallest absolute Gasteiger partial charge is 0.155 e. The number of pyridine rings is 6. The van der Waals surface area contributed by atoms with Crippen LogP contribution in [-0.4, -0.2) is 39.0 Å². The van der Waals surface area contributed by atoms with Crippen LogP contribution in [0.4, 0.5) is 8.78 Å². The third-order valence-corrected chi connectivity index (χ3v) is 8.44. The van der Waals surface area contributed by atoms with Crippen LogP contribution in [0.25, 0.3) is 66.4 Å². The molecular weight excluding hydrogens is 661 g/mol. The number of aryl methyl sites for hydroxylation is 2. The minimum Gasteiger partial charge on any atom is -0.327 e. The summed E-state index contributed by atoms with van der Waals surface area (Å²) in [6.45, 7) is 0. The molecular formula is C32H21F2IN8. The molecule has 0 atom stereocenters. The van der Waals surface area contributed by atoms with E-state index in [9.17, 15) is 8.78 Å². The lowest BCUT2D eigenvalue weighted by atomic mass is 10.1. The maximum absolute atomic E-state index is 13.9. The van der Waals surface area contributed by atoms with Gasteiger partial charge >= 0.3 is 0 Å². The first kappa shape index (κ1) is 27.0. The highest BCUT2D eigenvalue weighted by Crippen LogP contribution is 2.33. The van der Waals surface area contributed by atoms with E-state index in [0.717, 1.165) is 66.4 Å². The molecule has 0 N–H and O–H groups in total. The van der Waals surface area contributed by atoms with Crippen molar-refractivity contribution in [1.82, 2.24) is 39.0 Å². The first-order chi connectivity index (χ1) is 20.9. The summed E-state index contributed by atoms with van der Waals surface area (Å²) in [4.78, 5) is 25.6. The van der Waals surface area contributed by atoms with Crippen molar-refractivity contribution in [3.05, 3.63) is 107 Å². The van der Waals surface area contributed by atoms with Crippen LogP contribution < -0.4 is 0 Å². The fraction of sp³-hybridized carbons (Fsp3) is 0.0625. The molecule has 0 unspecified atom stereocenters. The van der Waals surface area contributed by atoms with Crippen molar-refractivity contribution in [3.63, 3.8) is 0 Å². The predicted octanol–water partition coefficient (Wildman–Crippen LogP) is 7.25. The lowest BCUT2D eigenvalue weighted by Gasteiger charge is -2.01. The zero-order valence-electron chi connectivity index (χ0n) is 22.9. The van der Waals surface area contributed by atoms with Gasteiger partial charge in [-0.05, 0) is 65.1 Å². The van der Waals surface area contributed by atoms with E-state index in [1.165, 1.54) is 18.5 Å². The van der Waals surface area contributed by atoms with Crippen LogP contribution in [0.1, 0.15) is 0 Å². The van der Waals surface area contributed by atoms with Gasteiger partial charge in [-0.2, -0.15) is 0 Å².